The number of halogens is 1. The van der Waals surface area contributed by atoms with E-state index in [4.69, 9.17) is 11.6 Å². The molecule has 0 N–H and O–H groups in total. The van der Waals surface area contributed by atoms with Crippen LogP contribution in [0.5, 0.6) is 0 Å². The summed E-state index contributed by atoms with van der Waals surface area (Å²) in [6, 6.07) is 0. The molecule has 0 aliphatic heterocycles. The van der Waals surface area contributed by atoms with Crippen LogP contribution in [0.15, 0.2) is 16.2 Å². The van der Waals surface area contributed by atoms with E-state index >= 15 is 0 Å². The van der Waals surface area contributed by atoms with Gasteiger partial charge in [-0.1, -0.05) is 17.7 Å². The molecule has 0 aromatic rings. The van der Waals surface area contributed by atoms with Crippen molar-refractivity contribution in [3.8, 4) is 0 Å². The summed E-state index contributed by atoms with van der Waals surface area (Å²) in [5.41, 5.74) is 0. The minimum Gasteiger partial charge on any atom is -0.253 e. The predicted octanol–water partition coefficient (Wildman–Crippen LogP) is 1.79. The summed E-state index contributed by atoms with van der Waals surface area (Å²) in [6.07, 6.45) is 1.68. The van der Waals surface area contributed by atoms with Crippen molar-refractivity contribution in [2.24, 2.45) is 4.99 Å². The highest BCUT2D eigenvalue weighted by Gasteiger charge is 1.71. The summed E-state index contributed by atoms with van der Waals surface area (Å²) in [7, 11) is 0. The van der Waals surface area contributed by atoms with Gasteiger partial charge in [-0.25, -0.2) is 0 Å². The second-order valence-electron chi connectivity index (χ2n) is 0.770. The first-order valence-electron chi connectivity index (χ1n) is 1.59. The van der Waals surface area contributed by atoms with E-state index in [1.165, 1.54) is 0 Å². The van der Waals surface area contributed by atoms with E-state index < -0.39 is 0 Å². The summed E-state index contributed by atoms with van der Waals surface area (Å²) >= 11 is 5.28. The quantitative estimate of drug-likeness (QED) is 0.354. The van der Waals surface area contributed by atoms with Crippen LogP contribution in [-0.4, -0.2) is 6.72 Å². The van der Waals surface area contributed by atoms with Crippen LogP contribution in [-0.2, 0) is 0 Å². The van der Waals surface area contributed by atoms with Crippen molar-refractivity contribution in [2.75, 3.05) is 0 Å². The van der Waals surface area contributed by atoms with E-state index in [9.17, 15) is 0 Å². The first-order valence-corrected chi connectivity index (χ1v) is 1.97. The van der Waals surface area contributed by atoms with Crippen molar-refractivity contribution in [1.82, 2.24) is 0 Å². The monoisotopic (exact) mass is 103 g/mol. The van der Waals surface area contributed by atoms with Crippen LogP contribution < -0.4 is 0 Å². The lowest BCUT2D eigenvalue weighted by molar-refractivity contribution is 1.51. The minimum absolute atomic E-state index is 0.454. The Labute approximate surface area is 42.3 Å². The van der Waals surface area contributed by atoms with Gasteiger partial charge in [-0.15, -0.1) is 0 Å². The summed E-state index contributed by atoms with van der Waals surface area (Å²) in [4.78, 5) is 3.38. The first-order chi connectivity index (χ1) is 2.81. The summed E-state index contributed by atoms with van der Waals surface area (Å²) in [6.45, 7) is 4.98. The summed E-state index contributed by atoms with van der Waals surface area (Å²) in [5.74, 6) is 0. The molecule has 0 saturated carbocycles. The predicted molar refractivity (Wildman–Crippen MR) is 29.2 cm³/mol. The highest BCUT2D eigenvalue weighted by Crippen LogP contribution is 1.97. The number of nitrogens with zero attached hydrogens (tertiary/aromatic N) is 1. The lowest BCUT2D eigenvalue weighted by atomic mass is 10.7. The Hall–Kier alpha value is -0.300. The van der Waals surface area contributed by atoms with Crippen LogP contribution in [0.2, 0.25) is 0 Å². The van der Waals surface area contributed by atoms with Crippen molar-refractivity contribution in [1.29, 1.82) is 0 Å². The van der Waals surface area contributed by atoms with Gasteiger partial charge in [-0.2, -0.15) is 0 Å². The van der Waals surface area contributed by atoms with Gasteiger partial charge in [-0.3, -0.25) is 4.99 Å². The highest BCUT2D eigenvalue weighted by molar-refractivity contribution is 6.29. The number of rotatable bonds is 1. The van der Waals surface area contributed by atoms with E-state index in [-0.39, 0.29) is 0 Å². The van der Waals surface area contributed by atoms with Gasteiger partial charge in [0.25, 0.3) is 0 Å². The smallest absolute Gasteiger partial charge is 0.124 e. The molecule has 0 amide bonds. The molecule has 34 valence electrons. The number of allylic oxidation sites excluding steroid dienone is 1. The van der Waals surface area contributed by atoms with Crippen LogP contribution >= 0.6 is 11.6 Å². The van der Waals surface area contributed by atoms with E-state index in [0.29, 0.717) is 5.16 Å². The van der Waals surface area contributed by atoms with Crippen molar-refractivity contribution in [3.05, 3.63) is 11.2 Å². The van der Waals surface area contributed by atoms with Crippen molar-refractivity contribution < 1.29 is 0 Å². The summed E-state index contributed by atoms with van der Waals surface area (Å²) in [5, 5.41) is 0.454. The Morgan fingerprint density at radius 3 is 2.50 bits per heavy atom. The molecule has 0 bridgehead atoms. The maximum absolute atomic E-state index is 5.28. The molecule has 0 aliphatic rings. The largest absolute Gasteiger partial charge is 0.253 e. The zero-order chi connectivity index (χ0) is 4.99. The Morgan fingerprint density at radius 2 is 2.50 bits per heavy atom. The van der Waals surface area contributed by atoms with Crippen molar-refractivity contribution in [2.45, 2.75) is 6.92 Å². The van der Waals surface area contributed by atoms with Crippen molar-refractivity contribution in [3.63, 3.8) is 0 Å². The fourth-order valence-electron chi connectivity index (χ4n) is 0.0913. The number of hydrogen-bond acceptors (Lipinski definition) is 1. The Bertz CT molecular complexity index is 75.6. The van der Waals surface area contributed by atoms with Crippen LogP contribution in [0, 0.1) is 0 Å². The molecular formula is C4H6ClN. The van der Waals surface area contributed by atoms with Gasteiger partial charge in [0, 0.05) is 0 Å². The Kier molecular flexibility index (Phi) is 2.77. The molecule has 2 heteroatoms. The van der Waals surface area contributed by atoms with Crippen LogP contribution in [0.1, 0.15) is 6.92 Å². The molecule has 0 radical (unpaired) electrons. The normalized spacial score (nSPS) is 11.3. The zero-order valence-electron chi connectivity index (χ0n) is 3.61. The maximum Gasteiger partial charge on any atom is 0.124 e. The molecule has 0 aromatic heterocycles. The molecule has 0 spiro atoms. The topological polar surface area (TPSA) is 12.4 Å². The molecule has 0 aliphatic carbocycles. The van der Waals surface area contributed by atoms with Crippen LogP contribution in [0.25, 0.3) is 0 Å². The maximum atomic E-state index is 5.28. The molecule has 0 atom stereocenters. The Morgan fingerprint density at radius 1 is 2.00 bits per heavy atom. The molecule has 0 saturated heterocycles. The van der Waals surface area contributed by atoms with Crippen LogP contribution in [0.4, 0.5) is 0 Å². The zero-order valence-corrected chi connectivity index (χ0v) is 4.37. The van der Waals surface area contributed by atoms with Gasteiger partial charge in [-0.05, 0) is 13.6 Å². The second-order valence-corrected chi connectivity index (χ2v) is 1.16. The minimum atomic E-state index is 0.454. The van der Waals surface area contributed by atoms with Crippen LogP contribution in [0.3, 0.4) is 0 Å². The average molecular weight is 104 g/mol. The molecule has 1 nitrogen and oxygen atoms in total. The fourth-order valence-corrected chi connectivity index (χ4v) is 0.0913. The molecule has 0 heterocycles. The molecular weight excluding hydrogens is 97.5 g/mol. The number of aliphatic imine (C=N–C) groups is 1. The standard InChI is InChI=1S/C4H6ClN/c1-3-4(5)6-2/h3H,2H2,1H3/b4-3-. The fraction of sp³-hybridized carbons (Fsp3) is 0.250. The van der Waals surface area contributed by atoms with E-state index in [0.717, 1.165) is 0 Å². The second kappa shape index (κ2) is 2.91. The summed E-state index contributed by atoms with van der Waals surface area (Å²) < 4.78 is 0. The molecule has 0 unspecified atom stereocenters. The van der Waals surface area contributed by atoms with Gasteiger partial charge in [0.2, 0.25) is 0 Å². The third-order valence-corrected chi connectivity index (χ3v) is 0.727. The van der Waals surface area contributed by atoms with E-state index in [1.54, 1.807) is 13.0 Å². The van der Waals surface area contributed by atoms with E-state index in [1.807, 2.05) is 0 Å². The molecule has 0 aromatic carbocycles. The first kappa shape index (κ1) is 5.70. The third kappa shape index (κ3) is 1.97. The lowest BCUT2D eigenvalue weighted by Crippen LogP contribution is -1.52. The highest BCUT2D eigenvalue weighted by atomic mass is 35.5. The third-order valence-electron chi connectivity index (χ3n) is 0.389. The van der Waals surface area contributed by atoms with Crippen molar-refractivity contribution >= 4 is 18.3 Å². The van der Waals surface area contributed by atoms with Gasteiger partial charge in [0.15, 0.2) is 0 Å². The lowest BCUT2D eigenvalue weighted by Gasteiger charge is -1.75. The Balaban J connectivity index is 3.50. The molecule has 6 heavy (non-hydrogen) atoms. The number of hydrogen-bond donors (Lipinski definition) is 0. The molecule has 0 fully saturated rings. The average Bonchev–Trinajstić information content (AvgIpc) is 1.65. The van der Waals surface area contributed by atoms with Gasteiger partial charge >= 0.3 is 0 Å². The molecule has 0 rings (SSSR count). The van der Waals surface area contributed by atoms with Gasteiger partial charge < -0.3 is 0 Å². The van der Waals surface area contributed by atoms with E-state index in [2.05, 4.69) is 11.7 Å². The van der Waals surface area contributed by atoms with Gasteiger partial charge in [0.05, 0.1) is 0 Å². The van der Waals surface area contributed by atoms with Gasteiger partial charge in [0.1, 0.15) is 5.16 Å². The SMILES string of the molecule is C=N/C(Cl)=C\C.